The van der Waals surface area contributed by atoms with Crippen LogP contribution in [0.3, 0.4) is 0 Å². The Bertz CT molecular complexity index is 382. The molecule has 17 heavy (non-hydrogen) atoms. The van der Waals surface area contributed by atoms with E-state index in [0.717, 1.165) is 10.0 Å². The van der Waals surface area contributed by atoms with E-state index in [-0.39, 0.29) is 5.97 Å². The highest BCUT2D eigenvalue weighted by molar-refractivity contribution is 9.10. The van der Waals surface area contributed by atoms with Gasteiger partial charge in [0.15, 0.2) is 0 Å². The van der Waals surface area contributed by atoms with Crippen LogP contribution in [-0.4, -0.2) is 19.4 Å². The van der Waals surface area contributed by atoms with Crippen molar-refractivity contribution in [3.63, 3.8) is 0 Å². The molecule has 0 aliphatic heterocycles. The number of esters is 1. The summed E-state index contributed by atoms with van der Waals surface area (Å²) in [7, 11) is 0. The second kappa shape index (κ2) is 7.27. The van der Waals surface area contributed by atoms with Gasteiger partial charge >= 0.3 is 5.97 Å². The number of hydrogen-bond acceptors (Lipinski definition) is 3. The number of benzene rings is 1. The number of aryl methyl sites for hydroxylation is 1. The van der Waals surface area contributed by atoms with Crippen molar-refractivity contribution in [1.29, 1.82) is 0 Å². The van der Waals surface area contributed by atoms with Crippen molar-refractivity contribution < 1.29 is 18.7 Å². The quantitative estimate of drug-likeness (QED) is 0.757. The van der Waals surface area contributed by atoms with E-state index in [9.17, 15) is 9.18 Å². The van der Waals surface area contributed by atoms with Gasteiger partial charge in [0.25, 0.3) is 0 Å². The third kappa shape index (κ3) is 4.73. The zero-order valence-corrected chi connectivity index (χ0v) is 11.1. The van der Waals surface area contributed by atoms with Gasteiger partial charge in [-0.25, -0.2) is 4.39 Å². The molecule has 0 fully saturated rings. The van der Waals surface area contributed by atoms with Crippen molar-refractivity contribution in [3.8, 4) is 5.75 Å². The summed E-state index contributed by atoms with van der Waals surface area (Å²) in [6.45, 7) is 1.31. The Labute approximate surface area is 108 Å². The molecule has 3 nitrogen and oxygen atoms in total. The number of hydrogen-bond donors (Lipinski definition) is 0. The van der Waals surface area contributed by atoms with Gasteiger partial charge in [0.1, 0.15) is 5.75 Å². The largest absolute Gasteiger partial charge is 0.466 e. The van der Waals surface area contributed by atoms with E-state index in [1.54, 1.807) is 25.1 Å². The molecular weight excluding hydrogens is 291 g/mol. The van der Waals surface area contributed by atoms with Crippen molar-refractivity contribution in [2.45, 2.75) is 19.8 Å². The van der Waals surface area contributed by atoms with Gasteiger partial charge in [-0.05, 0) is 31.0 Å². The minimum atomic E-state index is -0.853. The number of halogens is 2. The lowest BCUT2D eigenvalue weighted by molar-refractivity contribution is -0.143. The van der Waals surface area contributed by atoms with Gasteiger partial charge in [0.2, 0.25) is 6.86 Å². The molecule has 1 aromatic rings. The summed E-state index contributed by atoms with van der Waals surface area (Å²) >= 11 is 3.35. The molecule has 5 heteroatoms. The lowest BCUT2D eigenvalue weighted by Crippen LogP contribution is -2.05. The Morgan fingerprint density at radius 3 is 2.82 bits per heavy atom. The van der Waals surface area contributed by atoms with Crippen molar-refractivity contribution in [2.24, 2.45) is 0 Å². The Morgan fingerprint density at radius 2 is 2.24 bits per heavy atom. The predicted molar refractivity (Wildman–Crippen MR) is 65.7 cm³/mol. The summed E-state index contributed by atoms with van der Waals surface area (Å²) in [4.78, 5) is 11.2. The lowest BCUT2D eigenvalue weighted by atomic mass is 10.1. The van der Waals surface area contributed by atoms with Crippen LogP contribution in [0.1, 0.15) is 18.9 Å². The molecule has 0 aliphatic carbocycles. The molecule has 0 aromatic heterocycles. The molecule has 0 bridgehead atoms. The van der Waals surface area contributed by atoms with Crippen LogP contribution in [0.4, 0.5) is 4.39 Å². The standard InChI is InChI=1S/C12H14BrFO3/c1-2-16-12(15)6-4-9-3-5-10(17-8-14)7-11(9)13/h3,5,7H,2,4,6,8H2,1H3. The maximum absolute atomic E-state index is 12.0. The van der Waals surface area contributed by atoms with E-state index in [1.165, 1.54) is 0 Å². The Kier molecular flexibility index (Phi) is 5.97. The Hall–Kier alpha value is -1.10. The highest BCUT2D eigenvalue weighted by Gasteiger charge is 2.06. The van der Waals surface area contributed by atoms with E-state index >= 15 is 0 Å². The number of alkyl halides is 1. The zero-order chi connectivity index (χ0) is 12.7. The average molecular weight is 305 g/mol. The number of carbonyl (C=O) groups excluding carboxylic acids is 1. The first kappa shape index (κ1) is 14.0. The second-order valence-corrected chi connectivity index (χ2v) is 4.17. The fourth-order valence-electron chi connectivity index (χ4n) is 1.35. The number of ether oxygens (including phenoxy) is 2. The molecule has 0 radical (unpaired) electrons. The molecule has 0 heterocycles. The topological polar surface area (TPSA) is 35.5 Å². The fraction of sp³-hybridized carbons (Fsp3) is 0.417. The number of carbonyl (C=O) groups is 1. The lowest BCUT2D eigenvalue weighted by Gasteiger charge is -2.07. The van der Waals surface area contributed by atoms with Gasteiger partial charge < -0.3 is 9.47 Å². The molecule has 0 aliphatic rings. The minimum Gasteiger partial charge on any atom is -0.466 e. The van der Waals surface area contributed by atoms with Gasteiger partial charge in [0, 0.05) is 10.9 Å². The van der Waals surface area contributed by atoms with Crippen LogP contribution in [0.25, 0.3) is 0 Å². The summed E-state index contributed by atoms with van der Waals surface area (Å²) in [6.07, 6.45) is 0.908. The van der Waals surface area contributed by atoms with Crippen LogP contribution < -0.4 is 4.74 Å². The van der Waals surface area contributed by atoms with Crippen LogP contribution >= 0.6 is 15.9 Å². The summed E-state index contributed by atoms with van der Waals surface area (Å²) in [5, 5.41) is 0. The number of rotatable bonds is 6. The predicted octanol–water partition coefficient (Wildman–Crippen LogP) is 3.25. The zero-order valence-electron chi connectivity index (χ0n) is 9.54. The molecule has 1 rings (SSSR count). The van der Waals surface area contributed by atoms with Gasteiger partial charge in [-0.2, -0.15) is 0 Å². The molecule has 1 aromatic carbocycles. The first-order valence-electron chi connectivity index (χ1n) is 5.30. The van der Waals surface area contributed by atoms with Crippen molar-refractivity contribution in [3.05, 3.63) is 28.2 Å². The maximum atomic E-state index is 12.0. The van der Waals surface area contributed by atoms with E-state index in [2.05, 4.69) is 15.9 Å². The van der Waals surface area contributed by atoms with E-state index in [0.29, 0.717) is 25.2 Å². The molecule has 94 valence electrons. The van der Waals surface area contributed by atoms with Gasteiger partial charge in [0.05, 0.1) is 6.61 Å². The monoisotopic (exact) mass is 304 g/mol. The normalized spacial score (nSPS) is 10.1. The second-order valence-electron chi connectivity index (χ2n) is 3.31. The highest BCUT2D eigenvalue weighted by Crippen LogP contribution is 2.24. The Morgan fingerprint density at radius 1 is 1.47 bits per heavy atom. The minimum absolute atomic E-state index is 0.219. The summed E-state index contributed by atoms with van der Waals surface area (Å²) in [5.41, 5.74) is 0.962. The van der Waals surface area contributed by atoms with Crippen LogP contribution in [0.15, 0.2) is 22.7 Å². The SMILES string of the molecule is CCOC(=O)CCc1ccc(OCF)cc1Br. The molecule has 0 unspecified atom stereocenters. The first-order chi connectivity index (χ1) is 8.17. The van der Waals surface area contributed by atoms with Crippen LogP contribution in [-0.2, 0) is 16.0 Å². The molecule has 0 amide bonds. The van der Waals surface area contributed by atoms with Crippen LogP contribution in [0, 0.1) is 0 Å². The molecule has 0 saturated carbocycles. The van der Waals surface area contributed by atoms with Crippen LogP contribution in [0.5, 0.6) is 5.75 Å². The van der Waals surface area contributed by atoms with E-state index < -0.39 is 6.86 Å². The fourth-order valence-corrected chi connectivity index (χ4v) is 1.91. The summed E-state index contributed by atoms with van der Waals surface area (Å²) < 4.78 is 22.3. The van der Waals surface area contributed by atoms with E-state index in [1.807, 2.05) is 0 Å². The summed E-state index contributed by atoms with van der Waals surface area (Å²) in [5.74, 6) is 0.239. The maximum Gasteiger partial charge on any atom is 0.306 e. The molecule has 0 spiro atoms. The molecule has 0 N–H and O–H groups in total. The van der Waals surface area contributed by atoms with Gasteiger partial charge in [-0.1, -0.05) is 22.0 Å². The molecular formula is C12H14BrFO3. The van der Waals surface area contributed by atoms with Crippen molar-refractivity contribution >= 4 is 21.9 Å². The van der Waals surface area contributed by atoms with Gasteiger partial charge in [-0.15, -0.1) is 0 Å². The van der Waals surface area contributed by atoms with Crippen molar-refractivity contribution in [1.82, 2.24) is 0 Å². The third-order valence-corrected chi connectivity index (χ3v) is 2.89. The van der Waals surface area contributed by atoms with Crippen molar-refractivity contribution in [2.75, 3.05) is 13.5 Å². The van der Waals surface area contributed by atoms with Gasteiger partial charge in [-0.3, -0.25) is 4.79 Å². The average Bonchev–Trinajstić information content (AvgIpc) is 2.29. The first-order valence-corrected chi connectivity index (χ1v) is 6.09. The van der Waals surface area contributed by atoms with Crippen LogP contribution in [0.2, 0.25) is 0 Å². The summed E-state index contributed by atoms with van der Waals surface area (Å²) in [6, 6.07) is 5.15. The molecule has 0 atom stereocenters. The third-order valence-electron chi connectivity index (χ3n) is 2.15. The molecule has 0 saturated heterocycles. The Balaban J connectivity index is 2.57. The smallest absolute Gasteiger partial charge is 0.306 e. The highest BCUT2D eigenvalue weighted by atomic mass is 79.9. The van der Waals surface area contributed by atoms with E-state index in [4.69, 9.17) is 9.47 Å².